The molecule has 1 fully saturated rings. The molecule has 0 spiro atoms. The summed E-state index contributed by atoms with van der Waals surface area (Å²) >= 11 is 0. The summed E-state index contributed by atoms with van der Waals surface area (Å²) in [4.78, 5) is 0. The van der Waals surface area contributed by atoms with E-state index in [2.05, 4.69) is 0 Å². The van der Waals surface area contributed by atoms with Crippen LogP contribution in [-0.2, 0) is 4.74 Å². The molecular formula is C21H24O11. The molecule has 2 unspecified atom stereocenters. The normalized spacial score (nSPS) is 34.5. The third kappa shape index (κ3) is 3.58. The van der Waals surface area contributed by atoms with Gasteiger partial charge in [-0.3, -0.25) is 0 Å². The molecule has 2 heterocycles. The summed E-state index contributed by atoms with van der Waals surface area (Å²) in [6.45, 7) is -0.690. The summed E-state index contributed by atoms with van der Waals surface area (Å²) in [6, 6.07) is 5.88. The topological polar surface area (TPSA) is 201 Å². The van der Waals surface area contributed by atoms with Crippen LogP contribution in [0.1, 0.15) is 23.1 Å². The highest BCUT2D eigenvalue weighted by molar-refractivity contribution is 5.55. The van der Waals surface area contributed by atoms with E-state index in [1.165, 1.54) is 18.2 Å². The van der Waals surface area contributed by atoms with E-state index in [0.29, 0.717) is 0 Å². The highest BCUT2D eigenvalue weighted by Gasteiger charge is 2.53. The number of rotatable bonds is 3. The quantitative estimate of drug-likeness (QED) is 0.257. The smallest absolute Gasteiger partial charge is 0.157 e. The minimum atomic E-state index is -1.72. The molecule has 0 aliphatic carbocycles. The van der Waals surface area contributed by atoms with Crippen molar-refractivity contribution in [1.82, 2.24) is 0 Å². The van der Waals surface area contributed by atoms with Crippen LogP contribution in [0.2, 0.25) is 0 Å². The fourth-order valence-electron chi connectivity index (χ4n) is 4.36. The average molecular weight is 452 g/mol. The van der Waals surface area contributed by atoms with E-state index >= 15 is 0 Å². The standard InChI is InChI=1S/C21H24O11/c22-6-13-16(27)18(29)19(30)21(32-13)15-14-11(26)4-8(23)5-12(14)31-20(17(15)28)7-1-2-9(24)10(25)3-7/h1-5,13,15-30H,6H2/t13-,15?,16-,17+,18+,19-,20-,21?/m1/s1. The monoisotopic (exact) mass is 452 g/mol. The van der Waals surface area contributed by atoms with Gasteiger partial charge in [0.25, 0.3) is 0 Å². The van der Waals surface area contributed by atoms with Crippen molar-refractivity contribution in [3.8, 4) is 28.7 Å². The van der Waals surface area contributed by atoms with Crippen LogP contribution in [0.25, 0.3) is 0 Å². The first-order chi connectivity index (χ1) is 15.1. The Balaban J connectivity index is 1.83. The first-order valence-corrected chi connectivity index (χ1v) is 9.87. The molecule has 0 aromatic heterocycles. The van der Waals surface area contributed by atoms with Crippen molar-refractivity contribution in [2.24, 2.45) is 0 Å². The predicted octanol–water partition coefficient (Wildman–Crippen LogP) is -1.07. The zero-order valence-corrected chi connectivity index (χ0v) is 16.6. The average Bonchev–Trinajstić information content (AvgIpc) is 2.75. The van der Waals surface area contributed by atoms with Gasteiger partial charge in [-0.1, -0.05) is 6.07 Å². The summed E-state index contributed by atoms with van der Waals surface area (Å²) in [7, 11) is 0. The summed E-state index contributed by atoms with van der Waals surface area (Å²) in [5.74, 6) is -3.03. The Hall–Kier alpha value is -2.80. The van der Waals surface area contributed by atoms with E-state index in [4.69, 9.17) is 9.47 Å². The molecule has 1 saturated heterocycles. The Morgan fingerprint density at radius 1 is 0.750 bits per heavy atom. The van der Waals surface area contributed by atoms with Gasteiger partial charge in [-0.2, -0.15) is 0 Å². The van der Waals surface area contributed by atoms with Crippen LogP contribution >= 0.6 is 0 Å². The van der Waals surface area contributed by atoms with Crippen LogP contribution < -0.4 is 4.74 Å². The Morgan fingerprint density at radius 2 is 1.47 bits per heavy atom. The summed E-state index contributed by atoms with van der Waals surface area (Å²) in [6.07, 6.45) is -10.5. The molecule has 174 valence electrons. The van der Waals surface area contributed by atoms with Gasteiger partial charge < -0.3 is 55.4 Å². The molecule has 11 heteroatoms. The minimum absolute atomic E-state index is 0.0288. The van der Waals surface area contributed by atoms with Crippen LogP contribution in [0.15, 0.2) is 30.3 Å². The van der Waals surface area contributed by atoms with Gasteiger partial charge in [-0.05, 0) is 17.7 Å². The summed E-state index contributed by atoms with van der Waals surface area (Å²) in [5, 5.41) is 91.6. The number of aromatic hydroxyl groups is 4. The molecule has 32 heavy (non-hydrogen) atoms. The Kier molecular flexibility index (Phi) is 5.79. The number of aliphatic hydroxyl groups is 5. The lowest BCUT2D eigenvalue weighted by atomic mass is 9.76. The van der Waals surface area contributed by atoms with Crippen LogP contribution in [0, 0.1) is 0 Å². The minimum Gasteiger partial charge on any atom is -0.508 e. The third-order valence-corrected chi connectivity index (χ3v) is 5.98. The molecule has 4 rings (SSSR count). The number of phenols is 4. The number of aliphatic hydroxyl groups excluding tert-OH is 5. The first-order valence-electron chi connectivity index (χ1n) is 9.87. The van der Waals surface area contributed by atoms with Gasteiger partial charge in [0.15, 0.2) is 17.6 Å². The lowest BCUT2D eigenvalue weighted by Gasteiger charge is -2.47. The van der Waals surface area contributed by atoms with Gasteiger partial charge in [-0.25, -0.2) is 0 Å². The van der Waals surface area contributed by atoms with Crippen LogP contribution in [-0.4, -0.2) is 89.2 Å². The second kappa shape index (κ2) is 8.28. The molecule has 8 atom stereocenters. The fraction of sp³-hybridized carbons (Fsp3) is 0.429. The lowest BCUT2D eigenvalue weighted by molar-refractivity contribution is -0.243. The van der Waals surface area contributed by atoms with Crippen molar-refractivity contribution in [1.29, 1.82) is 0 Å². The van der Waals surface area contributed by atoms with Crippen molar-refractivity contribution in [3.05, 3.63) is 41.5 Å². The van der Waals surface area contributed by atoms with E-state index in [1.54, 1.807) is 0 Å². The van der Waals surface area contributed by atoms with Crippen LogP contribution in [0.5, 0.6) is 28.7 Å². The molecule has 0 bridgehead atoms. The fourth-order valence-corrected chi connectivity index (χ4v) is 4.36. The predicted molar refractivity (Wildman–Crippen MR) is 105 cm³/mol. The van der Waals surface area contributed by atoms with E-state index < -0.39 is 72.5 Å². The van der Waals surface area contributed by atoms with E-state index in [-0.39, 0.29) is 22.6 Å². The molecule has 2 aromatic rings. The third-order valence-electron chi connectivity index (χ3n) is 5.98. The number of hydrogen-bond acceptors (Lipinski definition) is 11. The van der Waals surface area contributed by atoms with Gasteiger partial charge >= 0.3 is 0 Å². The van der Waals surface area contributed by atoms with Crippen molar-refractivity contribution in [2.45, 2.75) is 48.6 Å². The molecule has 11 nitrogen and oxygen atoms in total. The van der Waals surface area contributed by atoms with Gasteiger partial charge in [0.2, 0.25) is 0 Å². The Labute approximate surface area is 181 Å². The maximum atomic E-state index is 11.2. The van der Waals surface area contributed by atoms with E-state index in [1.807, 2.05) is 0 Å². The van der Waals surface area contributed by atoms with Crippen LogP contribution in [0.3, 0.4) is 0 Å². The molecular weight excluding hydrogens is 428 g/mol. The van der Waals surface area contributed by atoms with Crippen LogP contribution in [0.4, 0.5) is 0 Å². The Morgan fingerprint density at radius 3 is 2.12 bits per heavy atom. The highest BCUT2D eigenvalue weighted by Crippen LogP contribution is 2.51. The Bertz CT molecular complexity index is 994. The number of benzene rings is 2. The first kappa shape index (κ1) is 22.4. The molecule has 2 aliphatic heterocycles. The van der Waals surface area contributed by atoms with Crippen molar-refractivity contribution in [3.63, 3.8) is 0 Å². The molecule has 0 radical (unpaired) electrons. The largest absolute Gasteiger partial charge is 0.508 e. The molecule has 0 saturated carbocycles. The number of ether oxygens (including phenoxy) is 2. The second-order valence-corrected chi connectivity index (χ2v) is 7.97. The summed E-state index contributed by atoms with van der Waals surface area (Å²) in [5.41, 5.74) is 0.190. The molecule has 0 amide bonds. The highest BCUT2D eigenvalue weighted by atomic mass is 16.5. The van der Waals surface area contributed by atoms with Crippen molar-refractivity contribution >= 4 is 0 Å². The summed E-state index contributed by atoms with van der Waals surface area (Å²) < 4.78 is 11.4. The molecule has 2 aromatic carbocycles. The number of hydrogen-bond donors (Lipinski definition) is 9. The van der Waals surface area contributed by atoms with Crippen molar-refractivity contribution < 1.29 is 55.4 Å². The molecule has 2 aliphatic rings. The maximum absolute atomic E-state index is 11.2. The van der Waals surface area contributed by atoms with Gasteiger partial charge in [0, 0.05) is 17.7 Å². The zero-order valence-electron chi connectivity index (χ0n) is 16.6. The lowest BCUT2D eigenvalue weighted by Crippen LogP contribution is -2.61. The number of fused-ring (bicyclic) bond motifs is 1. The van der Waals surface area contributed by atoms with Gasteiger partial charge in [-0.15, -0.1) is 0 Å². The van der Waals surface area contributed by atoms with Gasteiger partial charge in [0.05, 0.1) is 18.6 Å². The molecule has 9 N–H and O–H groups in total. The maximum Gasteiger partial charge on any atom is 0.157 e. The van der Waals surface area contributed by atoms with E-state index in [0.717, 1.165) is 12.1 Å². The van der Waals surface area contributed by atoms with Gasteiger partial charge in [0.1, 0.15) is 47.8 Å². The SMILES string of the molecule is OC[C@H]1OC(C2c3c(O)cc(O)cc3O[C@H](c3ccc(O)c(O)c3)[C@H]2O)[C@H](O)[C@@H](O)[C@@H]1O. The zero-order chi connectivity index (χ0) is 23.3. The second-order valence-electron chi connectivity index (χ2n) is 7.97. The van der Waals surface area contributed by atoms with Crippen molar-refractivity contribution in [2.75, 3.05) is 6.61 Å². The number of phenolic OH excluding ortho intramolecular Hbond substituents is 4. The van der Waals surface area contributed by atoms with E-state index in [9.17, 15) is 46.0 Å².